The van der Waals surface area contributed by atoms with E-state index in [1.165, 1.54) is 5.56 Å². The molecule has 26 heavy (non-hydrogen) atoms. The van der Waals surface area contributed by atoms with Crippen LogP contribution in [0.3, 0.4) is 0 Å². The first-order valence-electron chi connectivity index (χ1n) is 8.57. The summed E-state index contributed by atoms with van der Waals surface area (Å²) in [4.78, 5) is 16.6. The number of likely N-dealkylation sites (N-methyl/N-ethyl adjacent to an activating group) is 1. The van der Waals surface area contributed by atoms with E-state index in [1.54, 1.807) is 0 Å². The van der Waals surface area contributed by atoms with E-state index >= 15 is 0 Å². The van der Waals surface area contributed by atoms with Gasteiger partial charge in [0.1, 0.15) is 10.0 Å². The van der Waals surface area contributed by atoms with Gasteiger partial charge in [-0.3, -0.25) is 4.79 Å². The number of carbonyl (C=O) groups is 1. The third-order valence-electron chi connectivity index (χ3n) is 4.57. The molecule has 2 aliphatic rings. The highest BCUT2D eigenvalue weighted by atomic mass is 35.5. The van der Waals surface area contributed by atoms with E-state index in [2.05, 4.69) is 43.0 Å². The van der Waals surface area contributed by atoms with E-state index in [4.69, 9.17) is 23.8 Å². The first-order chi connectivity index (χ1) is 12.4. The lowest BCUT2D eigenvalue weighted by molar-refractivity contribution is -0.108. The lowest BCUT2D eigenvalue weighted by Gasteiger charge is -2.30. The largest absolute Gasteiger partial charge is 0.349 e. The number of halogens is 1. The van der Waals surface area contributed by atoms with E-state index in [0.29, 0.717) is 16.6 Å². The fraction of sp³-hybridized carbons (Fsp3) is 0.300. The van der Waals surface area contributed by atoms with E-state index in [9.17, 15) is 4.79 Å². The molecule has 0 bridgehead atoms. The van der Waals surface area contributed by atoms with Crippen molar-refractivity contribution in [1.82, 2.24) is 9.80 Å². The van der Waals surface area contributed by atoms with Crippen LogP contribution in [0.1, 0.15) is 26.3 Å². The second-order valence-electron chi connectivity index (χ2n) is 6.30. The maximum atomic E-state index is 12.4. The van der Waals surface area contributed by atoms with Crippen molar-refractivity contribution in [2.45, 2.75) is 27.2 Å². The molecule has 136 valence electrons. The van der Waals surface area contributed by atoms with Crippen molar-refractivity contribution >= 4 is 45.0 Å². The van der Waals surface area contributed by atoms with Gasteiger partial charge >= 0.3 is 0 Å². The van der Waals surface area contributed by atoms with E-state index in [0.717, 1.165) is 46.7 Å². The SMILES string of the molecule is CCN1C(=S)SC(=O)C1=C1C=C(C)N(CCc2ccc(Cl)cc2)C(C)=C1. The first-order valence-corrected chi connectivity index (χ1v) is 10.2. The molecule has 0 N–H and O–H groups in total. The molecule has 3 rings (SSSR count). The second kappa shape index (κ2) is 7.99. The Labute approximate surface area is 169 Å². The Morgan fingerprint density at radius 1 is 1.08 bits per heavy atom. The van der Waals surface area contributed by atoms with Crippen molar-refractivity contribution in [3.8, 4) is 0 Å². The molecule has 1 fully saturated rings. The van der Waals surface area contributed by atoms with Crippen LogP contribution in [0.4, 0.5) is 0 Å². The molecule has 6 heteroatoms. The Balaban J connectivity index is 1.81. The number of nitrogens with zero attached hydrogens (tertiary/aromatic N) is 2. The topological polar surface area (TPSA) is 23.6 Å². The predicted octanol–water partition coefficient (Wildman–Crippen LogP) is 5.14. The second-order valence-corrected chi connectivity index (χ2v) is 8.35. The summed E-state index contributed by atoms with van der Waals surface area (Å²) in [5, 5.41) is 0.794. The number of thiocarbonyl (C=S) groups is 1. The number of thioether (sulfide) groups is 1. The maximum Gasteiger partial charge on any atom is 0.243 e. The maximum absolute atomic E-state index is 12.4. The summed E-state index contributed by atoms with van der Waals surface area (Å²) in [6.45, 7) is 7.77. The predicted molar refractivity (Wildman–Crippen MR) is 114 cm³/mol. The van der Waals surface area contributed by atoms with Crippen molar-refractivity contribution in [3.63, 3.8) is 0 Å². The van der Waals surface area contributed by atoms with Gasteiger partial charge in [0.2, 0.25) is 5.12 Å². The van der Waals surface area contributed by atoms with Crippen LogP contribution in [-0.2, 0) is 11.2 Å². The van der Waals surface area contributed by atoms with E-state index < -0.39 is 0 Å². The molecule has 0 radical (unpaired) electrons. The van der Waals surface area contributed by atoms with Crippen LogP contribution in [0.15, 0.2) is 59.1 Å². The summed E-state index contributed by atoms with van der Waals surface area (Å²) in [6, 6.07) is 7.97. The quantitative estimate of drug-likeness (QED) is 0.510. The minimum Gasteiger partial charge on any atom is -0.349 e. The molecule has 0 saturated carbocycles. The number of allylic oxidation sites excluding steroid dienone is 5. The van der Waals surface area contributed by atoms with Gasteiger partial charge < -0.3 is 9.80 Å². The molecule has 1 saturated heterocycles. The zero-order valence-electron chi connectivity index (χ0n) is 15.1. The van der Waals surface area contributed by atoms with Crippen molar-refractivity contribution in [1.29, 1.82) is 0 Å². The molecule has 3 nitrogen and oxygen atoms in total. The molecule has 0 aromatic heterocycles. The Kier molecular flexibility index (Phi) is 5.90. The number of benzene rings is 1. The van der Waals surface area contributed by atoms with Crippen LogP contribution >= 0.6 is 35.6 Å². The van der Waals surface area contributed by atoms with Crippen LogP contribution in [0, 0.1) is 0 Å². The third kappa shape index (κ3) is 3.90. The molecule has 0 spiro atoms. The standard InChI is InChI=1S/C20H21ClN2OS2/c1-4-22-18(19(24)26-20(22)25)16-11-13(2)23(14(3)12-16)10-9-15-5-7-17(21)8-6-15/h5-8,11-12H,4,9-10H2,1-3H3. The van der Waals surface area contributed by atoms with E-state index in [-0.39, 0.29) is 5.12 Å². The van der Waals surface area contributed by atoms with Gasteiger partial charge in [0.15, 0.2) is 0 Å². The third-order valence-corrected chi connectivity index (χ3v) is 6.07. The van der Waals surface area contributed by atoms with E-state index in [1.807, 2.05) is 24.0 Å². The summed E-state index contributed by atoms with van der Waals surface area (Å²) in [7, 11) is 0. The number of rotatable bonds is 4. The summed E-state index contributed by atoms with van der Waals surface area (Å²) in [5.74, 6) is 0. The summed E-state index contributed by atoms with van der Waals surface area (Å²) in [6.07, 6.45) is 5.10. The molecular formula is C20H21ClN2OS2. The Hall–Kier alpha value is -1.56. The molecular weight excluding hydrogens is 384 g/mol. The van der Waals surface area contributed by atoms with Crippen LogP contribution in [0.2, 0.25) is 5.02 Å². The Morgan fingerprint density at radius 3 is 2.27 bits per heavy atom. The minimum absolute atomic E-state index is 0.0366. The fourth-order valence-electron chi connectivity index (χ4n) is 3.25. The van der Waals surface area contributed by atoms with Crippen LogP contribution in [0.5, 0.6) is 0 Å². The van der Waals surface area contributed by atoms with Gasteiger partial charge in [-0.2, -0.15) is 0 Å². The van der Waals surface area contributed by atoms with Crippen LogP contribution in [-0.4, -0.2) is 32.3 Å². The van der Waals surface area contributed by atoms with Crippen molar-refractivity contribution in [2.75, 3.05) is 13.1 Å². The average Bonchev–Trinajstić information content (AvgIpc) is 2.88. The zero-order valence-corrected chi connectivity index (χ0v) is 17.5. The van der Waals surface area contributed by atoms with Gasteiger partial charge in [0.05, 0.1) is 0 Å². The van der Waals surface area contributed by atoms with Crippen molar-refractivity contribution in [3.05, 3.63) is 69.7 Å². The summed E-state index contributed by atoms with van der Waals surface area (Å²) >= 11 is 12.4. The van der Waals surface area contributed by atoms with Crippen LogP contribution < -0.4 is 0 Å². The van der Waals surface area contributed by atoms with Crippen molar-refractivity contribution in [2.24, 2.45) is 0 Å². The number of hydrogen-bond acceptors (Lipinski definition) is 4. The molecule has 2 heterocycles. The molecule has 0 amide bonds. The first kappa shape index (κ1) is 19.2. The van der Waals surface area contributed by atoms with Gasteiger partial charge in [-0.25, -0.2) is 0 Å². The molecule has 0 atom stereocenters. The normalized spacial score (nSPS) is 17.8. The molecule has 0 aliphatic carbocycles. The van der Waals surface area contributed by atoms with Gasteiger partial charge in [-0.05, 0) is 68.8 Å². The number of hydrogen-bond donors (Lipinski definition) is 0. The number of carbonyl (C=O) groups excluding carboxylic acids is 1. The highest BCUT2D eigenvalue weighted by Crippen LogP contribution is 2.34. The Morgan fingerprint density at radius 2 is 1.69 bits per heavy atom. The fourth-order valence-corrected chi connectivity index (χ4v) is 4.64. The minimum atomic E-state index is 0.0366. The summed E-state index contributed by atoms with van der Waals surface area (Å²) in [5.41, 5.74) is 5.17. The smallest absolute Gasteiger partial charge is 0.243 e. The zero-order chi connectivity index (χ0) is 18.8. The summed E-state index contributed by atoms with van der Waals surface area (Å²) < 4.78 is 0.641. The van der Waals surface area contributed by atoms with Crippen molar-refractivity contribution < 1.29 is 4.79 Å². The van der Waals surface area contributed by atoms with Crippen LogP contribution in [0.25, 0.3) is 0 Å². The Bertz CT molecular complexity index is 818. The molecule has 0 unspecified atom stereocenters. The monoisotopic (exact) mass is 404 g/mol. The average molecular weight is 405 g/mol. The van der Waals surface area contributed by atoms with Gasteiger partial charge in [0.25, 0.3) is 0 Å². The highest BCUT2D eigenvalue weighted by molar-refractivity contribution is 8.33. The highest BCUT2D eigenvalue weighted by Gasteiger charge is 2.33. The van der Waals surface area contributed by atoms with Gasteiger partial charge in [-0.15, -0.1) is 0 Å². The van der Waals surface area contributed by atoms with Gasteiger partial charge in [-0.1, -0.05) is 36.0 Å². The van der Waals surface area contributed by atoms with Gasteiger partial charge in [0, 0.05) is 35.1 Å². The lowest BCUT2D eigenvalue weighted by atomic mass is 10.0. The lowest BCUT2D eigenvalue weighted by Crippen LogP contribution is -2.27. The molecule has 1 aromatic carbocycles. The molecule has 2 aliphatic heterocycles. The molecule has 1 aromatic rings.